The number of aryl methyl sites for hydroxylation is 1. The van der Waals surface area contributed by atoms with Crippen LogP contribution >= 0.6 is 23.7 Å². The Balaban J connectivity index is 0.00000220. The summed E-state index contributed by atoms with van der Waals surface area (Å²) in [5.74, 6) is 1.27. The molecule has 0 spiro atoms. The van der Waals surface area contributed by atoms with Gasteiger partial charge in [-0.2, -0.15) is 0 Å². The lowest BCUT2D eigenvalue weighted by Crippen LogP contribution is -2.37. The number of halogens is 1. The number of piperidine rings is 1. The van der Waals surface area contributed by atoms with Crippen LogP contribution in [0.1, 0.15) is 38.8 Å². The topological polar surface area (TPSA) is 45.2 Å². The first-order chi connectivity index (χ1) is 9.61. The van der Waals surface area contributed by atoms with Crippen LogP contribution in [0, 0.1) is 18.8 Å². The molecule has 1 N–H and O–H groups in total. The molecule has 1 amide bonds. The van der Waals surface area contributed by atoms with E-state index < -0.39 is 0 Å². The maximum Gasteiger partial charge on any atom is 0.229 e. The first-order valence-corrected chi connectivity index (χ1v) is 8.43. The molecular formula is C15H26ClN3OS. The smallest absolute Gasteiger partial charge is 0.229 e. The third-order valence-corrected chi connectivity index (χ3v) is 5.07. The first-order valence-electron chi connectivity index (χ1n) is 7.55. The lowest BCUT2D eigenvalue weighted by Gasteiger charge is -2.29. The fourth-order valence-electron chi connectivity index (χ4n) is 2.80. The number of rotatable bonds is 5. The molecule has 2 heterocycles. The van der Waals surface area contributed by atoms with Gasteiger partial charge in [-0.1, -0.05) is 6.92 Å². The van der Waals surface area contributed by atoms with Crippen LogP contribution in [0.5, 0.6) is 0 Å². The van der Waals surface area contributed by atoms with Gasteiger partial charge >= 0.3 is 0 Å². The summed E-state index contributed by atoms with van der Waals surface area (Å²) in [6, 6.07) is 0. The van der Waals surface area contributed by atoms with Crippen LogP contribution in [-0.4, -0.2) is 30.5 Å². The number of anilines is 1. The molecule has 1 aromatic rings. The minimum Gasteiger partial charge on any atom is -0.316 e. The van der Waals surface area contributed by atoms with Crippen molar-refractivity contribution >= 4 is 34.8 Å². The number of hydrogen-bond acceptors (Lipinski definition) is 4. The minimum atomic E-state index is 0. The van der Waals surface area contributed by atoms with E-state index in [4.69, 9.17) is 0 Å². The number of carbonyl (C=O) groups is 1. The maximum atomic E-state index is 12.5. The molecule has 0 saturated carbocycles. The van der Waals surface area contributed by atoms with E-state index in [1.54, 1.807) is 11.3 Å². The highest BCUT2D eigenvalue weighted by Crippen LogP contribution is 2.26. The van der Waals surface area contributed by atoms with Crippen molar-refractivity contribution in [2.24, 2.45) is 11.8 Å². The third kappa shape index (κ3) is 4.94. The number of carbonyl (C=O) groups excluding carboxylic acids is 1. The molecule has 2 rings (SSSR count). The molecule has 1 aliphatic rings. The van der Waals surface area contributed by atoms with E-state index in [-0.39, 0.29) is 18.3 Å². The van der Waals surface area contributed by atoms with E-state index in [2.05, 4.69) is 17.2 Å². The zero-order valence-electron chi connectivity index (χ0n) is 13.1. The fourth-order valence-corrected chi connectivity index (χ4v) is 3.68. The molecule has 0 aliphatic carbocycles. The second kappa shape index (κ2) is 8.71. The molecule has 1 fully saturated rings. The van der Waals surface area contributed by atoms with Crippen LogP contribution in [0.3, 0.4) is 0 Å². The summed E-state index contributed by atoms with van der Waals surface area (Å²) in [5.41, 5.74) is 0.987. The van der Waals surface area contributed by atoms with Crippen molar-refractivity contribution < 1.29 is 4.79 Å². The van der Waals surface area contributed by atoms with E-state index >= 15 is 0 Å². The van der Waals surface area contributed by atoms with Gasteiger partial charge in [0.05, 0.1) is 5.69 Å². The Hall–Kier alpha value is -0.650. The molecule has 1 saturated heterocycles. The van der Waals surface area contributed by atoms with Gasteiger partial charge in [-0.3, -0.25) is 9.69 Å². The highest BCUT2D eigenvalue weighted by molar-refractivity contribution is 7.14. The van der Waals surface area contributed by atoms with Crippen molar-refractivity contribution in [2.45, 2.75) is 40.0 Å². The molecule has 120 valence electrons. The number of aromatic nitrogens is 1. The average Bonchev–Trinajstić information content (AvgIpc) is 2.87. The molecule has 1 aliphatic heterocycles. The maximum absolute atomic E-state index is 12.5. The summed E-state index contributed by atoms with van der Waals surface area (Å²) in [4.78, 5) is 18.8. The molecule has 1 aromatic heterocycles. The van der Waals surface area contributed by atoms with Crippen LogP contribution in [0.15, 0.2) is 5.38 Å². The lowest BCUT2D eigenvalue weighted by atomic mass is 9.85. The zero-order valence-corrected chi connectivity index (χ0v) is 14.7. The van der Waals surface area contributed by atoms with Gasteiger partial charge in [0.2, 0.25) is 5.91 Å². The Morgan fingerprint density at radius 2 is 2.38 bits per heavy atom. The van der Waals surface area contributed by atoms with Gasteiger partial charge in [-0.05, 0) is 51.6 Å². The van der Waals surface area contributed by atoms with Crippen LogP contribution in [0.25, 0.3) is 0 Å². The van der Waals surface area contributed by atoms with E-state index in [1.165, 1.54) is 12.8 Å². The largest absolute Gasteiger partial charge is 0.316 e. The second-order valence-electron chi connectivity index (χ2n) is 5.70. The summed E-state index contributed by atoms with van der Waals surface area (Å²) in [5, 5.41) is 6.27. The van der Waals surface area contributed by atoms with Crippen LogP contribution < -0.4 is 10.2 Å². The number of thiazole rings is 1. The number of nitrogens with zero attached hydrogens (tertiary/aromatic N) is 2. The van der Waals surface area contributed by atoms with Crippen LogP contribution in [-0.2, 0) is 4.79 Å². The first kappa shape index (κ1) is 18.4. The molecule has 0 radical (unpaired) electrons. The standard InChI is InChI=1S/C15H25N3OS.ClH/c1-4-18(15-17-12(3)10-20-15)14(19)8-11(2)13-6-5-7-16-9-13;/h10-11,13,16H,4-9H2,1-3H3;1H. The molecular weight excluding hydrogens is 306 g/mol. The van der Waals surface area contributed by atoms with Gasteiger partial charge < -0.3 is 5.32 Å². The van der Waals surface area contributed by atoms with Crippen molar-refractivity contribution in [1.82, 2.24) is 10.3 Å². The van der Waals surface area contributed by atoms with E-state index in [1.807, 2.05) is 24.1 Å². The van der Waals surface area contributed by atoms with Gasteiger partial charge in [0.15, 0.2) is 5.13 Å². The monoisotopic (exact) mass is 331 g/mol. The Kier molecular flexibility index (Phi) is 7.63. The minimum absolute atomic E-state index is 0. The summed E-state index contributed by atoms with van der Waals surface area (Å²) in [6.07, 6.45) is 3.09. The highest BCUT2D eigenvalue weighted by atomic mass is 35.5. The SMILES string of the molecule is CCN(C(=O)CC(C)C1CCCNC1)c1nc(C)cs1.Cl. The average molecular weight is 332 g/mol. The summed E-state index contributed by atoms with van der Waals surface area (Å²) in [6.45, 7) is 9.06. The third-order valence-electron chi connectivity index (χ3n) is 4.09. The fraction of sp³-hybridized carbons (Fsp3) is 0.733. The second-order valence-corrected chi connectivity index (χ2v) is 6.53. The normalized spacial score (nSPS) is 19.7. The van der Waals surface area contributed by atoms with Crippen molar-refractivity contribution in [3.8, 4) is 0 Å². The van der Waals surface area contributed by atoms with Crippen molar-refractivity contribution in [1.29, 1.82) is 0 Å². The van der Waals surface area contributed by atoms with Gasteiger partial charge in [0.25, 0.3) is 0 Å². The predicted octanol–water partition coefficient (Wildman–Crippen LogP) is 3.25. The van der Waals surface area contributed by atoms with Gasteiger partial charge in [-0.15, -0.1) is 23.7 Å². The number of nitrogens with one attached hydrogen (secondary N) is 1. The molecule has 21 heavy (non-hydrogen) atoms. The Morgan fingerprint density at radius 3 is 2.90 bits per heavy atom. The van der Waals surface area contributed by atoms with Gasteiger partial charge in [0, 0.05) is 18.3 Å². The summed E-state index contributed by atoms with van der Waals surface area (Å²) < 4.78 is 0. The summed E-state index contributed by atoms with van der Waals surface area (Å²) >= 11 is 1.55. The van der Waals surface area contributed by atoms with Crippen molar-refractivity contribution in [3.63, 3.8) is 0 Å². The van der Waals surface area contributed by atoms with Gasteiger partial charge in [0.1, 0.15) is 0 Å². The lowest BCUT2D eigenvalue weighted by molar-refractivity contribution is -0.119. The number of hydrogen-bond donors (Lipinski definition) is 1. The van der Waals surface area contributed by atoms with E-state index in [9.17, 15) is 4.79 Å². The quantitative estimate of drug-likeness (QED) is 0.900. The predicted molar refractivity (Wildman–Crippen MR) is 91.5 cm³/mol. The Bertz CT molecular complexity index is 446. The van der Waals surface area contributed by atoms with Crippen molar-refractivity contribution in [2.75, 3.05) is 24.5 Å². The van der Waals surface area contributed by atoms with E-state index in [0.717, 1.165) is 23.9 Å². The molecule has 0 aromatic carbocycles. The zero-order chi connectivity index (χ0) is 14.5. The highest BCUT2D eigenvalue weighted by Gasteiger charge is 2.25. The molecule has 6 heteroatoms. The van der Waals surface area contributed by atoms with E-state index in [0.29, 0.717) is 24.8 Å². The van der Waals surface area contributed by atoms with Gasteiger partial charge in [-0.25, -0.2) is 4.98 Å². The van der Waals surface area contributed by atoms with Crippen LogP contribution in [0.4, 0.5) is 5.13 Å². The molecule has 4 nitrogen and oxygen atoms in total. The molecule has 2 unspecified atom stereocenters. The Morgan fingerprint density at radius 1 is 1.62 bits per heavy atom. The summed E-state index contributed by atoms with van der Waals surface area (Å²) in [7, 11) is 0. The molecule has 0 bridgehead atoms. The number of amides is 1. The van der Waals surface area contributed by atoms with Crippen molar-refractivity contribution in [3.05, 3.63) is 11.1 Å². The Labute approximate surface area is 137 Å². The van der Waals surface area contributed by atoms with Crippen LogP contribution in [0.2, 0.25) is 0 Å². The molecule has 2 atom stereocenters.